The summed E-state index contributed by atoms with van der Waals surface area (Å²) in [7, 11) is 0. The van der Waals surface area contributed by atoms with Gasteiger partial charge in [-0.2, -0.15) is 0 Å². The molecule has 0 saturated carbocycles. The van der Waals surface area contributed by atoms with Crippen molar-refractivity contribution in [2.75, 3.05) is 46.2 Å². The quantitative estimate of drug-likeness (QED) is 0.535. The zero-order chi connectivity index (χ0) is 15.2. The second kappa shape index (κ2) is 13.2. The number of nitrogens with one attached hydrogen (secondary N) is 1. The normalized spacial score (nSPS) is 12.7. The largest absolute Gasteiger partial charge is 0.379 e. The maximum atomic E-state index is 5.52. The Morgan fingerprint density at radius 3 is 2.33 bits per heavy atom. The molecule has 0 aliphatic carbocycles. The fourth-order valence-corrected chi connectivity index (χ4v) is 2.53. The molecule has 122 valence electrons. The highest BCUT2D eigenvalue weighted by atomic mass is 32.1. The van der Waals surface area contributed by atoms with Crippen molar-refractivity contribution in [3.8, 4) is 0 Å². The van der Waals surface area contributed by atoms with E-state index in [1.165, 1.54) is 11.3 Å². The molecule has 1 rings (SSSR count). The molecule has 1 N–H and O–H groups in total. The molecule has 0 unspecified atom stereocenters. The van der Waals surface area contributed by atoms with Crippen LogP contribution in [0, 0.1) is 0 Å². The average Bonchev–Trinajstić information content (AvgIpc) is 3.02. The topological polar surface area (TPSA) is 39.7 Å². The first kappa shape index (κ1) is 18.6. The van der Waals surface area contributed by atoms with Gasteiger partial charge in [0.1, 0.15) is 0 Å². The van der Waals surface area contributed by atoms with E-state index in [9.17, 15) is 0 Å². The van der Waals surface area contributed by atoms with Crippen LogP contribution < -0.4 is 5.32 Å². The lowest BCUT2D eigenvalue weighted by molar-refractivity contribution is 0.0144. The van der Waals surface area contributed by atoms with Crippen LogP contribution in [0.25, 0.3) is 0 Å². The molecule has 1 aromatic heterocycles. The minimum absolute atomic E-state index is 0.394. The van der Waals surface area contributed by atoms with E-state index >= 15 is 0 Å². The maximum absolute atomic E-state index is 5.52. The highest BCUT2D eigenvalue weighted by molar-refractivity contribution is 7.10. The van der Waals surface area contributed by atoms with Gasteiger partial charge in [-0.3, -0.25) is 0 Å². The van der Waals surface area contributed by atoms with Crippen LogP contribution in [0.3, 0.4) is 0 Å². The molecule has 0 aliphatic rings. The maximum Gasteiger partial charge on any atom is 0.0701 e. The zero-order valence-electron chi connectivity index (χ0n) is 13.3. The highest BCUT2D eigenvalue weighted by Gasteiger charge is 2.04. The van der Waals surface area contributed by atoms with Gasteiger partial charge in [0, 0.05) is 24.1 Å². The average molecular weight is 315 g/mol. The summed E-state index contributed by atoms with van der Waals surface area (Å²) in [6, 6.07) is 4.63. The molecule has 21 heavy (non-hydrogen) atoms. The fraction of sp³-hybridized carbons (Fsp3) is 0.750. The van der Waals surface area contributed by atoms with Crippen LogP contribution in [0.1, 0.15) is 37.6 Å². The molecule has 0 spiro atoms. The number of hydrogen-bond donors (Lipinski definition) is 1. The summed E-state index contributed by atoms with van der Waals surface area (Å²) in [5, 5.41) is 5.54. The van der Waals surface area contributed by atoms with E-state index in [2.05, 4.69) is 36.7 Å². The minimum Gasteiger partial charge on any atom is -0.379 e. The number of ether oxygens (including phenoxy) is 3. The van der Waals surface area contributed by atoms with Gasteiger partial charge in [0.15, 0.2) is 0 Å². The van der Waals surface area contributed by atoms with Crippen molar-refractivity contribution < 1.29 is 14.2 Å². The summed E-state index contributed by atoms with van der Waals surface area (Å²) in [6.07, 6.45) is 2.30. The van der Waals surface area contributed by atoms with Gasteiger partial charge in [-0.25, -0.2) is 0 Å². The Balaban J connectivity index is 1.78. The van der Waals surface area contributed by atoms with E-state index in [1.807, 2.05) is 0 Å². The highest BCUT2D eigenvalue weighted by Crippen LogP contribution is 2.17. The summed E-state index contributed by atoms with van der Waals surface area (Å²) in [6.45, 7) is 9.36. The van der Waals surface area contributed by atoms with Gasteiger partial charge in [0.25, 0.3) is 0 Å². The third-order valence-corrected chi connectivity index (χ3v) is 4.11. The molecule has 1 heterocycles. The monoisotopic (exact) mass is 315 g/mol. The predicted octanol–water partition coefficient (Wildman–Crippen LogP) is 3.25. The first-order chi connectivity index (χ1) is 10.3. The Morgan fingerprint density at radius 1 is 1.05 bits per heavy atom. The molecular weight excluding hydrogens is 286 g/mol. The van der Waals surface area contributed by atoms with E-state index in [0.29, 0.717) is 39.1 Å². The standard InChI is InChI=1S/C16H29NO3S/c1-3-4-8-18-10-12-20-13-11-19-9-7-17-15(2)16-6-5-14-21-16/h5-6,14-15,17H,3-4,7-13H2,1-2H3/t15-/m0/s1. The first-order valence-corrected chi connectivity index (χ1v) is 8.72. The zero-order valence-corrected chi connectivity index (χ0v) is 14.1. The van der Waals surface area contributed by atoms with Gasteiger partial charge in [0.2, 0.25) is 0 Å². The molecule has 0 saturated heterocycles. The molecule has 1 atom stereocenters. The van der Waals surface area contributed by atoms with Crippen LogP contribution in [-0.2, 0) is 14.2 Å². The van der Waals surface area contributed by atoms with Crippen molar-refractivity contribution in [3.05, 3.63) is 22.4 Å². The van der Waals surface area contributed by atoms with E-state index in [0.717, 1.165) is 19.6 Å². The Bertz CT molecular complexity index is 319. The molecule has 0 fully saturated rings. The summed E-state index contributed by atoms with van der Waals surface area (Å²) in [5.74, 6) is 0. The Hall–Kier alpha value is -0.460. The van der Waals surface area contributed by atoms with E-state index in [4.69, 9.17) is 14.2 Å². The lowest BCUT2D eigenvalue weighted by Crippen LogP contribution is -2.23. The van der Waals surface area contributed by atoms with E-state index < -0.39 is 0 Å². The number of hydrogen-bond acceptors (Lipinski definition) is 5. The van der Waals surface area contributed by atoms with E-state index in [1.54, 1.807) is 11.3 Å². The van der Waals surface area contributed by atoms with E-state index in [-0.39, 0.29) is 0 Å². The molecule has 0 aliphatic heterocycles. The molecule has 0 amide bonds. The van der Waals surface area contributed by atoms with Crippen LogP contribution in [0.2, 0.25) is 0 Å². The van der Waals surface area contributed by atoms with Gasteiger partial charge in [-0.15, -0.1) is 11.3 Å². The van der Waals surface area contributed by atoms with Crippen molar-refractivity contribution in [1.82, 2.24) is 5.32 Å². The van der Waals surface area contributed by atoms with Gasteiger partial charge >= 0.3 is 0 Å². The predicted molar refractivity (Wildman–Crippen MR) is 88.1 cm³/mol. The summed E-state index contributed by atoms with van der Waals surface area (Å²) in [5.41, 5.74) is 0. The molecule has 0 aromatic carbocycles. The molecule has 0 radical (unpaired) electrons. The smallest absolute Gasteiger partial charge is 0.0701 e. The van der Waals surface area contributed by atoms with Crippen molar-refractivity contribution in [2.24, 2.45) is 0 Å². The minimum atomic E-state index is 0.394. The second-order valence-corrected chi connectivity index (χ2v) is 5.86. The summed E-state index contributed by atoms with van der Waals surface area (Å²) < 4.78 is 16.4. The number of unbranched alkanes of at least 4 members (excludes halogenated alkanes) is 1. The summed E-state index contributed by atoms with van der Waals surface area (Å²) >= 11 is 1.78. The van der Waals surface area contributed by atoms with Gasteiger partial charge in [-0.05, 0) is 24.8 Å². The third kappa shape index (κ3) is 9.98. The van der Waals surface area contributed by atoms with Crippen molar-refractivity contribution in [2.45, 2.75) is 32.7 Å². The van der Waals surface area contributed by atoms with Crippen molar-refractivity contribution in [3.63, 3.8) is 0 Å². The van der Waals surface area contributed by atoms with Gasteiger partial charge < -0.3 is 19.5 Å². The lowest BCUT2D eigenvalue weighted by Gasteiger charge is -2.12. The SMILES string of the molecule is CCCCOCCOCCOCCN[C@@H](C)c1cccs1. The Kier molecular flexibility index (Phi) is 11.7. The number of thiophene rings is 1. The summed E-state index contributed by atoms with van der Waals surface area (Å²) in [4.78, 5) is 1.36. The fourth-order valence-electron chi connectivity index (χ4n) is 1.77. The second-order valence-electron chi connectivity index (χ2n) is 4.88. The molecule has 5 heteroatoms. The lowest BCUT2D eigenvalue weighted by atomic mass is 10.3. The Morgan fingerprint density at radius 2 is 1.71 bits per heavy atom. The molecule has 0 bridgehead atoms. The first-order valence-electron chi connectivity index (χ1n) is 7.84. The Labute approximate surface area is 132 Å². The van der Waals surface area contributed by atoms with Crippen LogP contribution in [0.15, 0.2) is 17.5 Å². The van der Waals surface area contributed by atoms with Crippen LogP contribution in [0.5, 0.6) is 0 Å². The van der Waals surface area contributed by atoms with Crippen LogP contribution in [-0.4, -0.2) is 46.2 Å². The third-order valence-electron chi connectivity index (χ3n) is 3.05. The van der Waals surface area contributed by atoms with Crippen LogP contribution in [0.4, 0.5) is 0 Å². The number of rotatable bonds is 14. The molecular formula is C16H29NO3S. The van der Waals surface area contributed by atoms with Crippen molar-refractivity contribution in [1.29, 1.82) is 0 Å². The van der Waals surface area contributed by atoms with Crippen LogP contribution >= 0.6 is 11.3 Å². The van der Waals surface area contributed by atoms with Gasteiger partial charge in [-0.1, -0.05) is 19.4 Å². The molecule has 1 aromatic rings. The van der Waals surface area contributed by atoms with Gasteiger partial charge in [0.05, 0.1) is 33.0 Å². The molecule has 4 nitrogen and oxygen atoms in total. The van der Waals surface area contributed by atoms with Crippen molar-refractivity contribution >= 4 is 11.3 Å².